The molecular formula is C17H13NO4. The number of nitrogens with one attached hydrogen (secondary N) is 1. The molecule has 5 nitrogen and oxygen atoms in total. The number of H-pyrrole nitrogens is 1. The minimum atomic E-state index is -1.82. The predicted molar refractivity (Wildman–Crippen MR) is 82.6 cm³/mol. The molecule has 3 N–H and O–H groups in total. The lowest BCUT2D eigenvalue weighted by Crippen LogP contribution is -2.21. The summed E-state index contributed by atoms with van der Waals surface area (Å²) in [7, 11) is 0. The van der Waals surface area contributed by atoms with Crippen molar-refractivity contribution in [3.05, 3.63) is 70.5 Å². The Bertz CT molecular complexity index is 914. The van der Waals surface area contributed by atoms with Crippen LogP contribution in [0.3, 0.4) is 0 Å². The molecule has 1 atom stereocenters. The summed E-state index contributed by atoms with van der Waals surface area (Å²) in [5, 5.41) is 20.4. The number of benzene rings is 2. The lowest BCUT2D eigenvalue weighted by Gasteiger charge is -2.07. The van der Waals surface area contributed by atoms with Gasteiger partial charge in [0.25, 0.3) is 5.56 Å². The molecule has 1 aromatic heterocycles. The molecule has 2 aromatic carbocycles. The molecule has 3 rings (SSSR count). The van der Waals surface area contributed by atoms with Crippen LogP contribution in [0.15, 0.2) is 59.4 Å². The van der Waals surface area contributed by atoms with Gasteiger partial charge in [-0.05, 0) is 34.5 Å². The van der Waals surface area contributed by atoms with Crippen molar-refractivity contribution in [3.8, 4) is 11.3 Å². The van der Waals surface area contributed by atoms with Crippen LogP contribution in [0.2, 0.25) is 0 Å². The molecule has 0 aliphatic rings. The van der Waals surface area contributed by atoms with E-state index in [1.165, 1.54) is 6.07 Å². The minimum absolute atomic E-state index is 0.183. The van der Waals surface area contributed by atoms with Crippen LogP contribution in [0.25, 0.3) is 22.0 Å². The van der Waals surface area contributed by atoms with Gasteiger partial charge < -0.3 is 15.2 Å². The van der Waals surface area contributed by atoms with Crippen LogP contribution in [0.1, 0.15) is 11.7 Å². The van der Waals surface area contributed by atoms with E-state index in [4.69, 9.17) is 5.11 Å². The molecule has 0 saturated carbocycles. The Morgan fingerprint density at radius 2 is 1.73 bits per heavy atom. The lowest BCUT2D eigenvalue weighted by atomic mass is 10.0. The van der Waals surface area contributed by atoms with Gasteiger partial charge in [-0.2, -0.15) is 0 Å². The topological polar surface area (TPSA) is 90.4 Å². The summed E-state index contributed by atoms with van der Waals surface area (Å²) in [6, 6.07) is 16.5. The molecule has 1 unspecified atom stereocenters. The van der Waals surface area contributed by atoms with Gasteiger partial charge in [-0.1, -0.05) is 36.4 Å². The van der Waals surface area contributed by atoms with Gasteiger partial charge in [-0.25, -0.2) is 4.79 Å². The highest BCUT2D eigenvalue weighted by Gasteiger charge is 2.19. The molecule has 5 heteroatoms. The van der Waals surface area contributed by atoms with Crippen molar-refractivity contribution in [2.45, 2.75) is 6.10 Å². The number of carboxylic acid groups (broad SMARTS) is 1. The SMILES string of the molecule is O=C(O)C(O)c1ccc(-c2ccc3ccccc3c2)[nH]c1=O. The van der Waals surface area contributed by atoms with Crippen molar-refractivity contribution in [2.75, 3.05) is 0 Å². The number of carboxylic acids is 1. The third-order valence-corrected chi connectivity index (χ3v) is 3.53. The Hall–Kier alpha value is -2.92. The Labute approximate surface area is 125 Å². The van der Waals surface area contributed by atoms with E-state index in [0.717, 1.165) is 16.3 Å². The van der Waals surface area contributed by atoms with Crippen molar-refractivity contribution in [2.24, 2.45) is 0 Å². The highest BCUT2D eigenvalue weighted by atomic mass is 16.4. The molecule has 0 amide bonds. The Morgan fingerprint density at radius 1 is 1.00 bits per heavy atom. The zero-order chi connectivity index (χ0) is 15.7. The smallest absolute Gasteiger partial charge is 0.337 e. The molecule has 0 bridgehead atoms. The van der Waals surface area contributed by atoms with E-state index in [0.29, 0.717) is 5.69 Å². The summed E-state index contributed by atoms with van der Waals surface area (Å²) in [6.45, 7) is 0. The van der Waals surface area contributed by atoms with Crippen LogP contribution in [-0.4, -0.2) is 21.2 Å². The summed E-state index contributed by atoms with van der Waals surface area (Å²) in [6.07, 6.45) is -1.82. The van der Waals surface area contributed by atoms with Crippen LogP contribution < -0.4 is 5.56 Å². The number of pyridine rings is 1. The fourth-order valence-electron chi connectivity index (χ4n) is 2.36. The van der Waals surface area contributed by atoms with E-state index < -0.39 is 17.6 Å². The average Bonchev–Trinajstić information content (AvgIpc) is 2.53. The molecule has 0 aliphatic carbocycles. The molecule has 0 spiro atoms. The molecule has 0 radical (unpaired) electrons. The van der Waals surface area contributed by atoms with E-state index >= 15 is 0 Å². The number of aliphatic carboxylic acids is 1. The average molecular weight is 295 g/mol. The molecule has 0 fully saturated rings. The number of hydrogen-bond donors (Lipinski definition) is 3. The number of carbonyl (C=O) groups is 1. The van der Waals surface area contributed by atoms with Gasteiger partial charge in [0.1, 0.15) is 0 Å². The van der Waals surface area contributed by atoms with Gasteiger partial charge in [0.2, 0.25) is 0 Å². The maximum atomic E-state index is 11.9. The van der Waals surface area contributed by atoms with Crippen molar-refractivity contribution >= 4 is 16.7 Å². The number of hydrogen-bond acceptors (Lipinski definition) is 3. The van der Waals surface area contributed by atoms with Crippen molar-refractivity contribution in [1.29, 1.82) is 0 Å². The summed E-state index contributed by atoms with van der Waals surface area (Å²) < 4.78 is 0. The second kappa shape index (κ2) is 5.46. The molecular weight excluding hydrogens is 282 g/mol. The van der Waals surface area contributed by atoms with Gasteiger partial charge >= 0.3 is 5.97 Å². The number of aliphatic hydroxyl groups is 1. The number of rotatable bonds is 3. The van der Waals surface area contributed by atoms with Gasteiger partial charge in [-0.3, -0.25) is 4.79 Å². The molecule has 0 saturated heterocycles. The second-order valence-electron chi connectivity index (χ2n) is 4.96. The maximum Gasteiger partial charge on any atom is 0.337 e. The zero-order valence-corrected chi connectivity index (χ0v) is 11.5. The minimum Gasteiger partial charge on any atom is -0.479 e. The van der Waals surface area contributed by atoms with Gasteiger partial charge in [-0.15, -0.1) is 0 Å². The van der Waals surface area contributed by atoms with Crippen molar-refractivity contribution in [3.63, 3.8) is 0 Å². The van der Waals surface area contributed by atoms with E-state index in [2.05, 4.69) is 4.98 Å². The predicted octanol–water partition coefficient (Wildman–Crippen LogP) is 2.31. The fourth-order valence-corrected chi connectivity index (χ4v) is 2.36. The van der Waals surface area contributed by atoms with Gasteiger partial charge in [0.05, 0.1) is 5.56 Å². The van der Waals surface area contributed by atoms with Crippen LogP contribution in [0, 0.1) is 0 Å². The summed E-state index contributed by atoms with van der Waals surface area (Å²) in [5.41, 5.74) is 0.585. The number of aromatic nitrogens is 1. The summed E-state index contributed by atoms with van der Waals surface area (Å²) in [4.78, 5) is 25.3. The lowest BCUT2D eigenvalue weighted by molar-refractivity contribution is -0.147. The van der Waals surface area contributed by atoms with Gasteiger partial charge in [0, 0.05) is 5.69 Å². The van der Waals surface area contributed by atoms with Crippen LogP contribution in [0.5, 0.6) is 0 Å². The third kappa shape index (κ3) is 2.49. The third-order valence-electron chi connectivity index (χ3n) is 3.53. The second-order valence-corrected chi connectivity index (χ2v) is 4.96. The van der Waals surface area contributed by atoms with Crippen molar-refractivity contribution < 1.29 is 15.0 Å². The number of aromatic amines is 1. The zero-order valence-electron chi connectivity index (χ0n) is 11.5. The van der Waals surface area contributed by atoms with E-state index in [1.807, 2.05) is 42.5 Å². The van der Waals surface area contributed by atoms with Gasteiger partial charge in [0.15, 0.2) is 6.10 Å². The molecule has 0 aliphatic heterocycles. The summed E-state index contributed by atoms with van der Waals surface area (Å²) >= 11 is 0. The Balaban J connectivity index is 2.06. The number of aliphatic hydroxyl groups excluding tert-OH is 1. The number of fused-ring (bicyclic) bond motifs is 1. The Morgan fingerprint density at radius 3 is 2.41 bits per heavy atom. The standard InChI is InChI=1S/C17H13NO4/c19-15(17(21)22)13-7-8-14(18-16(13)20)12-6-5-10-3-1-2-4-11(10)9-12/h1-9,15,19H,(H,18,20)(H,21,22). The first-order valence-corrected chi connectivity index (χ1v) is 6.69. The van der Waals surface area contributed by atoms with E-state index in [9.17, 15) is 14.7 Å². The maximum absolute atomic E-state index is 11.9. The first-order valence-electron chi connectivity index (χ1n) is 6.69. The monoisotopic (exact) mass is 295 g/mol. The van der Waals surface area contributed by atoms with Crippen LogP contribution in [-0.2, 0) is 4.79 Å². The summed E-state index contributed by atoms with van der Waals surface area (Å²) in [5.74, 6) is -1.45. The fraction of sp³-hybridized carbons (Fsp3) is 0.0588. The first-order chi connectivity index (χ1) is 10.6. The molecule has 1 heterocycles. The molecule has 110 valence electrons. The normalized spacial score (nSPS) is 12.2. The molecule has 22 heavy (non-hydrogen) atoms. The highest BCUT2D eigenvalue weighted by molar-refractivity contribution is 5.86. The van der Waals surface area contributed by atoms with E-state index in [1.54, 1.807) is 6.07 Å². The van der Waals surface area contributed by atoms with Crippen LogP contribution in [0.4, 0.5) is 0 Å². The largest absolute Gasteiger partial charge is 0.479 e. The molecule has 3 aromatic rings. The van der Waals surface area contributed by atoms with Crippen molar-refractivity contribution in [1.82, 2.24) is 4.98 Å². The first kappa shape index (κ1) is 14.0. The van der Waals surface area contributed by atoms with Crippen LogP contribution >= 0.6 is 0 Å². The van der Waals surface area contributed by atoms with E-state index in [-0.39, 0.29) is 5.56 Å². The quantitative estimate of drug-likeness (QED) is 0.691. The highest BCUT2D eigenvalue weighted by Crippen LogP contribution is 2.23. The Kier molecular flexibility index (Phi) is 3.48.